The van der Waals surface area contributed by atoms with E-state index in [0.29, 0.717) is 24.0 Å². The smallest absolute Gasteiger partial charge is 0.264 e. The number of amides is 1. The number of ether oxygens (including phenoxy) is 1. The highest BCUT2D eigenvalue weighted by Gasteiger charge is 2.47. The summed E-state index contributed by atoms with van der Waals surface area (Å²) in [6, 6.07) is 7.64. The zero-order valence-corrected chi connectivity index (χ0v) is 18.7. The molecule has 0 unspecified atom stereocenters. The first-order valence-electron chi connectivity index (χ1n) is 10.1. The van der Waals surface area contributed by atoms with Gasteiger partial charge in [-0.05, 0) is 43.4 Å². The first-order valence-corrected chi connectivity index (χ1v) is 12.0. The fourth-order valence-electron chi connectivity index (χ4n) is 3.83. The highest BCUT2D eigenvalue weighted by molar-refractivity contribution is 7.92. The average Bonchev–Trinajstić information content (AvgIpc) is 3.16. The summed E-state index contributed by atoms with van der Waals surface area (Å²) >= 11 is 0. The third-order valence-corrected chi connectivity index (χ3v) is 8.02. The molecule has 2 aliphatic rings. The van der Waals surface area contributed by atoms with Crippen LogP contribution in [-0.2, 0) is 24.2 Å². The predicted molar refractivity (Wildman–Crippen MR) is 115 cm³/mol. The molecule has 0 aromatic heterocycles. The van der Waals surface area contributed by atoms with Crippen molar-refractivity contribution in [2.75, 3.05) is 20.0 Å². The SMILES string of the molecule is COCC1CC(C#Cc2ccc(C3=NO[C@@H](C[C@](C)(C(=O)NO)S(C)(=O)=O)C3)cc2)C1. The largest absolute Gasteiger partial charge is 0.392 e. The second-order valence-corrected chi connectivity index (χ2v) is 10.9. The minimum absolute atomic E-state index is 0.125. The lowest BCUT2D eigenvalue weighted by molar-refractivity contribution is -0.132. The fraction of sp³-hybridized carbons (Fsp3) is 0.545. The highest BCUT2D eigenvalue weighted by Crippen LogP contribution is 2.33. The Hall–Kier alpha value is -2.41. The summed E-state index contributed by atoms with van der Waals surface area (Å²) in [5.41, 5.74) is 3.88. The second-order valence-electron chi connectivity index (χ2n) is 8.45. The Morgan fingerprint density at radius 3 is 2.61 bits per heavy atom. The maximum absolute atomic E-state index is 12.1. The molecule has 1 aromatic carbocycles. The van der Waals surface area contributed by atoms with Crippen molar-refractivity contribution >= 4 is 21.5 Å². The van der Waals surface area contributed by atoms with Gasteiger partial charge in [-0.3, -0.25) is 10.0 Å². The van der Waals surface area contributed by atoms with Crippen LogP contribution in [-0.4, -0.2) is 56.1 Å². The maximum Gasteiger partial charge on any atom is 0.264 e. The molecule has 0 spiro atoms. The van der Waals surface area contributed by atoms with Gasteiger partial charge in [0.15, 0.2) is 14.6 Å². The third kappa shape index (κ3) is 5.26. The lowest BCUT2D eigenvalue weighted by Gasteiger charge is -2.30. The van der Waals surface area contributed by atoms with Crippen molar-refractivity contribution in [2.24, 2.45) is 17.0 Å². The van der Waals surface area contributed by atoms with Gasteiger partial charge in [-0.25, -0.2) is 13.9 Å². The summed E-state index contributed by atoms with van der Waals surface area (Å²) in [6.07, 6.45) is 2.76. The van der Waals surface area contributed by atoms with E-state index in [0.717, 1.165) is 36.8 Å². The molecule has 31 heavy (non-hydrogen) atoms. The van der Waals surface area contributed by atoms with Crippen LogP contribution >= 0.6 is 0 Å². The third-order valence-electron chi connectivity index (χ3n) is 6.03. The van der Waals surface area contributed by atoms with Crippen molar-refractivity contribution in [3.05, 3.63) is 35.4 Å². The monoisotopic (exact) mass is 448 g/mol. The number of nitrogens with zero attached hydrogens (tertiary/aromatic N) is 1. The molecule has 1 fully saturated rings. The molecule has 1 aliphatic heterocycles. The summed E-state index contributed by atoms with van der Waals surface area (Å²) in [5.74, 6) is 6.56. The first-order chi connectivity index (χ1) is 14.7. The van der Waals surface area contributed by atoms with Crippen LogP contribution < -0.4 is 5.48 Å². The van der Waals surface area contributed by atoms with E-state index < -0.39 is 26.6 Å². The molecule has 2 atom stereocenters. The molecular formula is C22H28N2O6S. The van der Waals surface area contributed by atoms with Crippen LogP contribution in [0.4, 0.5) is 0 Å². The van der Waals surface area contributed by atoms with Gasteiger partial charge in [0, 0.05) is 44.3 Å². The average molecular weight is 449 g/mol. The van der Waals surface area contributed by atoms with Gasteiger partial charge in [0.25, 0.3) is 5.91 Å². The zero-order chi connectivity index (χ0) is 22.6. The molecule has 2 N–H and O–H groups in total. The molecular weight excluding hydrogens is 420 g/mol. The van der Waals surface area contributed by atoms with E-state index >= 15 is 0 Å². The fourth-order valence-corrected chi connectivity index (χ4v) is 4.70. The van der Waals surface area contributed by atoms with Gasteiger partial charge < -0.3 is 9.57 Å². The van der Waals surface area contributed by atoms with Gasteiger partial charge in [0.1, 0.15) is 6.10 Å². The number of hydrogen-bond donors (Lipinski definition) is 2. The summed E-state index contributed by atoms with van der Waals surface area (Å²) in [4.78, 5) is 17.4. The van der Waals surface area contributed by atoms with E-state index in [1.165, 1.54) is 12.4 Å². The quantitative estimate of drug-likeness (QED) is 0.374. The number of sulfone groups is 1. The Labute approximate surface area is 182 Å². The van der Waals surface area contributed by atoms with Crippen molar-refractivity contribution in [2.45, 2.75) is 43.5 Å². The number of hydrogen-bond acceptors (Lipinski definition) is 7. The lowest BCUT2D eigenvalue weighted by Crippen LogP contribution is -2.51. The van der Waals surface area contributed by atoms with Crippen molar-refractivity contribution in [1.29, 1.82) is 0 Å². The molecule has 1 heterocycles. The summed E-state index contributed by atoms with van der Waals surface area (Å²) in [7, 11) is -2.07. The van der Waals surface area contributed by atoms with E-state index in [1.54, 1.807) is 7.11 Å². The van der Waals surface area contributed by atoms with Crippen molar-refractivity contribution in [1.82, 2.24) is 5.48 Å². The van der Waals surface area contributed by atoms with Crippen LogP contribution in [0.2, 0.25) is 0 Å². The zero-order valence-electron chi connectivity index (χ0n) is 17.9. The molecule has 1 amide bonds. The van der Waals surface area contributed by atoms with Crippen molar-refractivity contribution in [3.8, 4) is 11.8 Å². The van der Waals surface area contributed by atoms with Crippen molar-refractivity contribution < 1.29 is 28.0 Å². The van der Waals surface area contributed by atoms with E-state index in [4.69, 9.17) is 14.8 Å². The van der Waals surface area contributed by atoms with Gasteiger partial charge in [0.2, 0.25) is 0 Å². The van der Waals surface area contributed by atoms with Gasteiger partial charge in [0.05, 0.1) is 5.71 Å². The van der Waals surface area contributed by atoms with Gasteiger partial charge >= 0.3 is 0 Å². The molecule has 168 valence electrons. The Morgan fingerprint density at radius 2 is 2.03 bits per heavy atom. The number of carbonyl (C=O) groups excluding carboxylic acids is 1. The molecule has 1 aromatic rings. The van der Waals surface area contributed by atoms with E-state index in [-0.39, 0.29) is 6.42 Å². The maximum atomic E-state index is 12.1. The van der Waals surface area contributed by atoms with Crippen LogP contribution in [0.1, 0.15) is 43.7 Å². The summed E-state index contributed by atoms with van der Waals surface area (Å²) < 4.78 is 27.6. The number of methoxy groups -OCH3 is 1. The highest BCUT2D eigenvalue weighted by atomic mass is 32.2. The van der Waals surface area contributed by atoms with Crippen LogP contribution in [0.3, 0.4) is 0 Å². The molecule has 1 saturated carbocycles. The lowest BCUT2D eigenvalue weighted by atomic mass is 9.76. The van der Waals surface area contributed by atoms with Crippen LogP contribution in [0.15, 0.2) is 29.4 Å². The van der Waals surface area contributed by atoms with E-state index in [2.05, 4.69) is 17.0 Å². The number of oxime groups is 1. The number of hydroxylamine groups is 1. The van der Waals surface area contributed by atoms with E-state index in [1.807, 2.05) is 24.3 Å². The molecule has 9 heteroatoms. The summed E-state index contributed by atoms with van der Waals surface area (Å²) in [5, 5.41) is 13.0. The topological polar surface area (TPSA) is 114 Å². The Balaban J connectivity index is 1.59. The normalized spacial score (nSPS) is 24.6. The molecule has 0 saturated heterocycles. The number of benzene rings is 1. The molecule has 3 rings (SSSR count). The predicted octanol–water partition coefficient (Wildman–Crippen LogP) is 1.90. The minimum atomic E-state index is -3.79. The van der Waals surface area contributed by atoms with Crippen molar-refractivity contribution in [3.63, 3.8) is 0 Å². The first kappa shape index (κ1) is 23.3. The molecule has 1 aliphatic carbocycles. The van der Waals surface area contributed by atoms with Crippen LogP contribution in [0.5, 0.6) is 0 Å². The van der Waals surface area contributed by atoms with Crippen LogP contribution in [0, 0.1) is 23.7 Å². The van der Waals surface area contributed by atoms with Gasteiger partial charge in [-0.2, -0.15) is 0 Å². The second kappa shape index (κ2) is 9.39. The Bertz CT molecular complexity index is 1000. The summed E-state index contributed by atoms with van der Waals surface area (Å²) in [6.45, 7) is 2.06. The molecule has 0 radical (unpaired) electrons. The minimum Gasteiger partial charge on any atom is -0.392 e. The number of rotatable bonds is 7. The Morgan fingerprint density at radius 1 is 1.35 bits per heavy atom. The van der Waals surface area contributed by atoms with Crippen LogP contribution in [0.25, 0.3) is 0 Å². The van der Waals surface area contributed by atoms with E-state index in [9.17, 15) is 13.2 Å². The standard InChI is InChI=1S/C22H28N2O6S/c1-22(21(25)23-26,31(3,27)28)13-19-12-20(24-30-19)18-8-6-15(7-9-18)4-5-16-10-17(11-16)14-29-2/h6-9,16-17,19,26H,10-14H2,1-3H3,(H,23,25)/t16?,17?,19-,22-/m1/s1. The number of carbonyl (C=O) groups is 1. The molecule has 0 bridgehead atoms. The number of nitrogens with one attached hydrogen (secondary N) is 1. The molecule has 8 nitrogen and oxygen atoms in total. The van der Waals surface area contributed by atoms with Gasteiger partial charge in [-0.15, -0.1) is 0 Å². The van der Waals surface area contributed by atoms with Gasteiger partial charge in [-0.1, -0.05) is 29.1 Å². The Kier molecular flexibility index (Phi) is 7.04.